The van der Waals surface area contributed by atoms with E-state index in [4.69, 9.17) is 39.5 Å². The number of rotatable bonds is 3. The second-order valence-electron chi connectivity index (χ2n) is 6.54. The van der Waals surface area contributed by atoms with Gasteiger partial charge in [-0.15, -0.1) is 5.10 Å². The molecule has 1 fully saturated rings. The van der Waals surface area contributed by atoms with E-state index in [9.17, 15) is 9.59 Å². The SMILES string of the molecule is O=C(N=c1sn(-c2ccc(Cl)cc2)nc1C(=O)N1CCOCC1)c1ccc(Cl)cc1Cl. The monoisotopic (exact) mass is 496 g/mol. The van der Waals surface area contributed by atoms with Gasteiger partial charge in [0, 0.05) is 23.1 Å². The summed E-state index contributed by atoms with van der Waals surface area (Å²) < 4.78 is 7.02. The number of halogens is 3. The van der Waals surface area contributed by atoms with E-state index in [1.165, 1.54) is 16.2 Å². The van der Waals surface area contributed by atoms with Crippen LogP contribution in [-0.4, -0.2) is 52.2 Å². The summed E-state index contributed by atoms with van der Waals surface area (Å²) in [4.78, 5) is 31.7. The highest BCUT2D eigenvalue weighted by Gasteiger charge is 2.24. The molecule has 4 rings (SSSR count). The topological polar surface area (TPSA) is 76.8 Å². The van der Waals surface area contributed by atoms with E-state index in [1.807, 2.05) is 0 Å². The van der Waals surface area contributed by atoms with Crippen molar-refractivity contribution < 1.29 is 14.3 Å². The van der Waals surface area contributed by atoms with Crippen LogP contribution in [-0.2, 0) is 4.74 Å². The molecular weight excluding hydrogens is 483 g/mol. The van der Waals surface area contributed by atoms with Crippen LogP contribution in [0.4, 0.5) is 0 Å². The zero-order chi connectivity index (χ0) is 22.0. The second kappa shape index (κ2) is 9.50. The van der Waals surface area contributed by atoms with Gasteiger partial charge in [0.1, 0.15) is 0 Å². The number of hydrogen-bond donors (Lipinski definition) is 0. The molecule has 0 saturated carbocycles. The first-order chi connectivity index (χ1) is 14.9. The van der Waals surface area contributed by atoms with Gasteiger partial charge >= 0.3 is 0 Å². The van der Waals surface area contributed by atoms with Crippen molar-refractivity contribution in [3.05, 3.63) is 73.5 Å². The standard InChI is InChI=1S/C20H15Cl3N4O3S/c21-12-1-4-14(5-2-12)27-25-17(20(29)26-7-9-30-10-8-26)19(31-27)24-18(28)15-6-3-13(22)11-16(15)23/h1-6,11H,7-10H2. The molecule has 2 amide bonds. The van der Waals surface area contributed by atoms with Gasteiger partial charge in [-0.05, 0) is 54.0 Å². The Labute approximate surface area is 196 Å². The fourth-order valence-corrected chi connectivity index (χ4v) is 4.36. The van der Waals surface area contributed by atoms with Gasteiger partial charge in [-0.2, -0.15) is 9.06 Å². The maximum absolute atomic E-state index is 13.1. The highest BCUT2D eigenvalue weighted by atomic mass is 35.5. The molecule has 3 aromatic rings. The van der Waals surface area contributed by atoms with Gasteiger partial charge in [0.15, 0.2) is 10.4 Å². The van der Waals surface area contributed by atoms with E-state index in [0.29, 0.717) is 42.0 Å². The van der Waals surface area contributed by atoms with Crippen LogP contribution >= 0.6 is 46.3 Å². The van der Waals surface area contributed by atoms with Crippen LogP contribution in [0.25, 0.3) is 5.69 Å². The fraction of sp³-hybridized carbons (Fsp3) is 0.200. The summed E-state index contributed by atoms with van der Waals surface area (Å²) in [6, 6.07) is 11.5. The fourth-order valence-electron chi connectivity index (χ4n) is 2.90. The quantitative estimate of drug-likeness (QED) is 0.546. The van der Waals surface area contributed by atoms with Crippen molar-refractivity contribution in [1.82, 2.24) is 14.1 Å². The smallest absolute Gasteiger partial charge is 0.279 e. The number of hydrogen-bond acceptors (Lipinski definition) is 5. The molecule has 31 heavy (non-hydrogen) atoms. The number of amides is 2. The van der Waals surface area contributed by atoms with Gasteiger partial charge in [-0.3, -0.25) is 9.59 Å². The van der Waals surface area contributed by atoms with Crippen molar-refractivity contribution in [2.24, 2.45) is 4.99 Å². The summed E-state index contributed by atoms with van der Waals surface area (Å²) in [5, 5.41) is 5.58. The third kappa shape index (κ3) is 4.99. The zero-order valence-electron chi connectivity index (χ0n) is 15.9. The van der Waals surface area contributed by atoms with Crippen LogP contribution < -0.4 is 4.67 Å². The molecule has 0 aliphatic carbocycles. The number of carbonyl (C=O) groups is 2. The normalized spacial score (nSPS) is 14.7. The maximum atomic E-state index is 13.1. The van der Waals surface area contributed by atoms with Crippen LogP contribution in [0.5, 0.6) is 0 Å². The molecular formula is C20H15Cl3N4O3S. The minimum absolute atomic E-state index is 0.0836. The number of ether oxygens (including phenoxy) is 1. The average molecular weight is 498 g/mol. The Bertz CT molecular complexity index is 1200. The summed E-state index contributed by atoms with van der Waals surface area (Å²) in [6.45, 7) is 1.76. The number of nitrogens with zero attached hydrogens (tertiary/aromatic N) is 4. The van der Waals surface area contributed by atoms with Gasteiger partial charge in [-0.25, -0.2) is 0 Å². The van der Waals surface area contributed by atoms with Crippen molar-refractivity contribution in [1.29, 1.82) is 0 Å². The third-order valence-corrected chi connectivity index (χ3v) is 6.20. The van der Waals surface area contributed by atoms with Crippen molar-refractivity contribution in [2.45, 2.75) is 0 Å². The first kappa shape index (κ1) is 22.0. The van der Waals surface area contributed by atoms with Crippen LogP contribution in [0.1, 0.15) is 20.8 Å². The minimum Gasteiger partial charge on any atom is -0.378 e. The van der Waals surface area contributed by atoms with E-state index >= 15 is 0 Å². The van der Waals surface area contributed by atoms with E-state index in [1.54, 1.807) is 35.2 Å². The van der Waals surface area contributed by atoms with E-state index in [2.05, 4.69) is 10.1 Å². The van der Waals surface area contributed by atoms with Crippen molar-refractivity contribution >= 4 is 58.1 Å². The summed E-state index contributed by atoms with van der Waals surface area (Å²) in [7, 11) is 0. The Morgan fingerprint density at radius 3 is 2.35 bits per heavy atom. The molecule has 11 heteroatoms. The van der Waals surface area contributed by atoms with Gasteiger partial charge in [-0.1, -0.05) is 34.8 Å². The molecule has 1 aromatic heterocycles. The van der Waals surface area contributed by atoms with Gasteiger partial charge < -0.3 is 9.64 Å². The first-order valence-electron chi connectivity index (χ1n) is 9.20. The maximum Gasteiger partial charge on any atom is 0.279 e. The number of morpholine rings is 1. The number of carbonyl (C=O) groups excluding carboxylic acids is 2. The summed E-state index contributed by atoms with van der Waals surface area (Å²) in [5.41, 5.74) is 0.950. The van der Waals surface area contributed by atoms with E-state index < -0.39 is 5.91 Å². The Balaban J connectivity index is 1.78. The van der Waals surface area contributed by atoms with Gasteiger partial charge in [0.05, 0.1) is 29.5 Å². The number of aromatic nitrogens is 2. The summed E-state index contributed by atoms with van der Waals surface area (Å²) in [6.07, 6.45) is 0. The third-order valence-electron chi connectivity index (χ3n) is 4.48. The molecule has 1 aliphatic rings. The summed E-state index contributed by atoms with van der Waals surface area (Å²) in [5.74, 6) is -0.911. The molecule has 0 unspecified atom stereocenters. The predicted molar refractivity (Wildman–Crippen MR) is 120 cm³/mol. The van der Waals surface area contributed by atoms with Crippen molar-refractivity contribution in [3.63, 3.8) is 0 Å². The molecule has 0 N–H and O–H groups in total. The zero-order valence-corrected chi connectivity index (χ0v) is 19.0. The van der Waals surface area contributed by atoms with Crippen LogP contribution in [0.15, 0.2) is 47.5 Å². The van der Waals surface area contributed by atoms with Crippen LogP contribution in [0.3, 0.4) is 0 Å². The molecule has 1 saturated heterocycles. The van der Waals surface area contributed by atoms with Crippen molar-refractivity contribution in [2.75, 3.05) is 26.3 Å². The Hall–Kier alpha value is -2.23. The average Bonchev–Trinajstić information content (AvgIpc) is 3.17. The Morgan fingerprint density at radius 2 is 1.68 bits per heavy atom. The highest BCUT2D eigenvalue weighted by molar-refractivity contribution is 7.04. The summed E-state index contributed by atoms with van der Waals surface area (Å²) >= 11 is 19.1. The second-order valence-corrected chi connectivity index (χ2v) is 8.74. The molecule has 2 aromatic carbocycles. The van der Waals surface area contributed by atoms with Gasteiger partial charge in [0.25, 0.3) is 11.8 Å². The molecule has 1 aliphatic heterocycles. The molecule has 2 heterocycles. The minimum atomic E-state index is -0.593. The Kier molecular flexibility index (Phi) is 6.74. The largest absolute Gasteiger partial charge is 0.378 e. The molecule has 7 nitrogen and oxygen atoms in total. The van der Waals surface area contributed by atoms with Crippen LogP contribution in [0.2, 0.25) is 15.1 Å². The van der Waals surface area contributed by atoms with Crippen molar-refractivity contribution in [3.8, 4) is 5.69 Å². The van der Waals surface area contributed by atoms with Gasteiger partial charge in [0.2, 0.25) is 0 Å². The predicted octanol–water partition coefficient (Wildman–Crippen LogP) is 4.11. The lowest BCUT2D eigenvalue weighted by Crippen LogP contribution is -2.42. The van der Waals surface area contributed by atoms with Crippen LogP contribution in [0, 0.1) is 0 Å². The number of benzene rings is 2. The lowest BCUT2D eigenvalue weighted by molar-refractivity contribution is 0.0297. The van der Waals surface area contributed by atoms with E-state index in [0.717, 1.165) is 11.5 Å². The molecule has 0 bridgehead atoms. The molecule has 0 radical (unpaired) electrons. The molecule has 0 atom stereocenters. The Morgan fingerprint density at radius 1 is 1.00 bits per heavy atom. The lowest BCUT2D eigenvalue weighted by atomic mass is 10.2. The van der Waals surface area contributed by atoms with E-state index in [-0.39, 0.29) is 26.9 Å². The lowest BCUT2D eigenvalue weighted by Gasteiger charge is -2.25. The molecule has 0 spiro atoms. The highest BCUT2D eigenvalue weighted by Crippen LogP contribution is 2.22. The molecule has 160 valence electrons. The first-order valence-corrected chi connectivity index (χ1v) is 11.1.